The van der Waals surface area contributed by atoms with Gasteiger partial charge in [0, 0.05) is 24.9 Å². The van der Waals surface area contributed by atoms with E-state index in [0.717, 1.165) is 5.69 Å². The van der Waals surface area contributed by atoms with Gasteiger partial charge in [-0.05, 0) is 28.9 Å². The summed E-state index contributed by atoms with van der Waals surface area (Å²) in [7, 11) is 1.77. The number of nitro groups is 1. The Kier molecular flexibility index (Phi) is 4.69. The van der Waals surface area contributed by atoms with E-state index in [1.807, 2.05) is 13.0 Å². The molecule has 0 aliphatic rings. The van der Waals surface area contributed by atoms with Crippen molar-refractivity contribution in [2.24, 2.45) is 0 Å². The Bertz CT molecular complexity index is 678. The van der Waals surface area contributed by atoms with Gasteiger partial charge in [-0.15, -0.1) is 0 Å². The second kappa shape index (κ2) is 6.49. The first kappa shape index (κ1) is 15.2. The minimum atomic E-state index is -0.471. The number of non-ortho nitro benzene ring substituents is 1. The van der Waals surface area contributed by atoms with Crippen molar-refractivity contribution in [2.75, 3.05) is 12.4 Å². The Hall–Kier alpha value is -2.22. The highest BCUT2D eigenvalue weighted by Crippen LogP contribution is 2.29. The first-order valence-electron chi connectivity index (χ1n) is 6.08. The number of aryl methyl sites for hydroxylation is 1. The molecule has 0 fully saturated rings. The quantitative estimate of drug-likeness (QED) is 0.656. The smallest absolute Gasteiger partial charge is 0.273 e. The van der Waals surface area contributed by atoms with E-state index in [2.05, 4.69) is 31.2 Å². The van der Waals surface area contributed by atoms with Crippen LogP contribution in [0.5, 0.6) is 5.75 Å². The molecule has 1 heterocycles. The van der Waals surface area contributed by atoms with E-state index in [1.54, 1.807) is 13.1 Å². The predicted octanol–water partition coefficient (Wildman–Crippen LogP) is 3.08. The van der Waals surface area contributed by atoms with Gasteiger partial charge in [-0.2, -0.15) is 0 Å². The summed E-state index contributed by atoms with van der Waals surface area (Å²) in [5.74, 6) is 1.57. The number of anilines is 1. The molecule has 1 N–H and O–H groups in total. The van der Waals surface area contributed by atoms with Crippen LogP contribution in [-0.4, -0.2) is 21.9 Å². The van der Waals surface area contributed by atoms with Crippen molar-refractivity contribution < 1.29 is 9.66 Å². The van der Waals surface area contributed by atoms with E-state index < -0.39 is 4.92 Å². The van der Waals surface area contributed by atoms with Crippen LogP contribution in [0.3, 0.4) is 0 Å². The molecule has 8 heteroatoms. The van der Waals surface area contributed by atoms with Crippen LogP contribution < -0.4 is 10.1 Å². The molecule has 0 aliphatic carbocycles. The van der Waals surface area contributed by atoms with Crippen molar-refractivity contribution in [1.82, 2.24) is 9.97 Å². The maximum absolute atomic E-state index is 10.8. The zero-order valence-corrected chi connectivity index (χ0v) is 13.0. The second-order valence-electron chi connectivity index (χ2n) is 4.22. The van der Waals surface area contributed by atoms with Crippen molar-refractivity contribution in [3.63, 3.8) is 0 Å². The summed E-state index contributed by atoms with van der Waals surface area (Å²) in [4.78, 5) is 18.8. The zero-order valence-electron chi connectivity index (χ0n) is 11.5. The monoisotopic (exact) mass is 352 g/mol. The summed E-state index contributed by atoms with van der Waals surface area (Å²) in [5, 5.41) is 13.7. The van der Waals surface area contributed by atoms with E-state index in [4.69, 9.17) is 4.74 Å². The third-order valence-electron chi connectivity index (χ3n) is 2.64. The fourth-order valence-corrected chi connectivity index (χ4v) is 2.04. The van der Waals surface area contributed by atoms with Crippen molar-refractivity contribution in [2.45, 2.75) is 13.5 Å². The first-order chi connectivity index (χ1) is 9.99. The number of hydrogen-bond acceptors (Lipinski definition) is 6. The van der Waals surface area contributed by atoms with Gasteiger partial charge < -0.3 is 10.1 Å². The Morgan fingerprint density at radius 1 is 1.38 bits per heavy atom. The Morgan fingerprint density at radius 2 is 2.14 bits per heavy atom. The number of nitrogens with one attached hydrogen (secondary N) is 1. The van der Waals surface area contributed by atoms with Crippen LogP contribution in [0.4, 0.5) is 11.5 Å². The van der Waals surface area contributed by atoms with Crippen LogP contribution in [0, 0.1) is 17.0 Å². The van der Waals surface area contributed by atoms with Crippen LogP contribution in [0.15, 0.2) is 28.7 Å². The number of aromatic nitrogens is 2. The molecule has 0 saturated carbocycles. The van der Waals surface area contributed by atoms with Crippen molar-refractivity contribution in [3.05, 3.63) is 50.4 Å². The molecule has 0 bridgehead atoms. The van der Waals surface area contributed by atoms with Crippen LogP contribution in [0.2, 0.25) is 0 Å². The third kappa shape index (κ3) is 3.88. The zero-order chi connectivity index (χ0) is 15.4. The summed E-state index contributed by atoms with van der Waals surface area (Å²) in [6, 6.07) is 6.15. The van der Waals surface area contributed by atoms with Crippen molar-refractivity contribution in [1.29, 1.82) is 0 Å². The van der Waals surface area contributed by atoms with Gasteiger partial charge in [-0.25, -0.2) is 9.97 Å². The third-order valence-corrected chi connectivity index (χ3v) is 3.29. The van der Waals surface area contributed by atoms with Gasteiger partial charge in [0.25, 0.3) is 5.69 Å². The van der Waals surface area contributed by atoms with Gasteiger partial charge in [-0.1, -0.05) is 0 Å². The number of halogens is 1. The molecule has 1 aromatic carbocycles. The number of nitrogens with zero attached hydrogens (tertiary/aromatic N) is 3. The summed E-state index contributed by atoms with van der Waals surface area (Å²) in [6.45, 7) is 1.98. The molecule has 0 atom stereocenters. The molecule has 0 aliphatic heterocycles. The lowest BCUT2D eigenvalue weighted by molar-refractivity contribution is -0.385. The predicted molar refractivity (Wildman–Crippen MR) is 81.4 cm³/mol. The molecule has 0 amide bonds. The lowest BCUT2D eigenvalue weighted by Gasteiger charge is -2.09. The average Bonchev–Trinajstić information content (AvgIpc) is 2.45. The Balaban J connectivity index is 2.18. The minimum absolute atomic E-state index is 0.0331. The highest BCUT2D eigenvalue weighted by molar-refractivity contribution is 9.10. The highest BCUT2D eigenvalue weighted by atomic mass is 79.9. The molecule has 2 rings (SSSR count). The molecule has 1 aromatic heterocycles. The largest absolute Gasteiger partial charge is 0.484 e. The van der Waals surface area contributed by atoms with E-state index in [0.29, 0.717) is 21.9 Å². The minimum Gasteiger partial charge on any atom is -0.484 e. The summed E-state index contributed by atoms with van der Waals surface area (Å²) in [6.07, 6.45) is 0. The lowest BCUT2D eigenvalue weighted by Crippen LogP contribution is -2.05. The van der Waals surface area contributed by atoms with E-state index >= 15 is 0 Å². The molecular formula is C13H13BrN4O3. The van der Waals surface area contributed by atoms with Crippen molar-refractivity contribution >= 4 is 27.4 Å². The van der Waals surface area contributed by atoms with Crippen LogP contribution >= 0.6 is 15.9 Å². The summed E-state index contributed by atoms with van der Waals surface area (Å²) in [5.41, 5.74) is 0.778. The highest BCUT2D eigenvalue weighted by Gasteiger charge is 2.11. The van der Waals surface area contributed by atoms with E-state index in [-0.39, 0.29) is 12.3 Å². The van der Waals surface area contributed by atoms with Gasteiger partial charge in [0.2, 0.25) is 0 Å². The van der Waals surface area contributed by atoms with Gasteiger partial charge in [0.05, 0.1) is 15.5 Å². The SMILES string of the molecule is CNc1cc(C)nc(COc2cc([N+](=O)[O-])ccc2Br)n1. The number of nitro benzene ring substituents is 1. The van der Waals surface area contributed by atoms with Gasteiger partial charge in [-0.3, -0.25) is 10.1 Å². The number of benzene rings is 1. The van der Waals surface area contributed by atoms with Crippen LogP contribution in [-0.2, 0) is 6.61 Å². The Morgan fingerprint density at radius 3 is 2.81 bits per heavy atom. The molecule has 110 valence electrons. The molecule has 0 saturated heterocycles. The summed E-state index contributed by atoms with van der Waals surface area (Å²) >= 11 is 3.29. The molecule has 7 nitrogen and oxygen atoms in total. The fraction of sp³-hybridized carbons (Fsp3) is 0.231. The lowest BCUT2D eigenvalue weighted by atomic mass is 10.3. The maximum atomic E-state index is 10.8. The van der Waals surface area contributed by atoms with E-state index in [1.165, 1.54) is 12.1 Å². The van der Waals surface area contributed by atoms with Crippen LogP contribution in [0.1, 0.15) is 11.5 Å². The van der Waals surface area contributed by atoms with Crippen LogP contribution in [0.25, 0.3) is 0 Å². The second-order valence-corrected chi connectivity index (χ2v) is 5.08. The standard InChI is InChI=1S/C13H13BrN4O3/c1-8-5-12(15-2)17-13(16-8)7-21-11-6-9(18(19)20)3-4-10(11)14/h3-6H,7H2,1-2H3,(H,15,16,17). The van der Waals surface area contributed by atoms with E-state index in [9.17, 15) is 10.1 Å². The fourth-order valence-electron chi connectivity index (χ4n) is 1.68. The number of hydrogen-bond donors (Lipinski definition) is 1. The molecule has 0 spiro atoms. The Labute approximate surface area is 129 Å². The number of rotatable bonds is 5. The average molecular weight is 353 g/mol. The molecule has 0 unspecified atom stereocenters. The van der Waals surface area contributed by atoms with Gasteiger partial charge >= 0.3 is 0 Å². The first-order valence-corrected chi connectivity index (χ1v) is 6.88. The van der Waals surface area contributed by atoms with Gasteiger partial charge in [0.1, 0.15) is 18.2 Å². The maximum Gasteiger partial charge on any atom is 0.273 e. The molecule has 0 radical (unpaired) electrons. The molecular weight excluding hydrogens is 340 g/mol. The topological polar surface area (TPSA) is 90.2 Å². The van der Waals surface area contributed by atoms with Crippen molar-refractivity contribution in [3.8, 4) is 5.75 Å². The molecule has 2 aromatic rings. The number of ether oxygens (including phenoxy) is 1. The normalized spacial score (nSPS) is 10.2. The van der Waals surface area contributed by atoms with Gasteiger partial charge in [0.15, 0.2) is 5.82 Å². The molecule has 21 heavy (non-hydrogen) atoms. The summed E-state index contributed by atoms with van der Waals surface area (Å²) < 4.78 is 6.20.